The van der Waals surface area contributed by atoms with Crippen molar-refractivity contribution in [3.05, 3.63) is 30.1 Å². The Labute approximate surface area is 115 Å². The van der Waals surface area contributed by atoms with Crippen molar-refractivity contribution >= 4 is 11.0 Å². The molecule has 1 N–H and O–H groups in total. The minimum Gasteiger partial charge on any atom is -0.331 e. The quantitative estimate of drug-likeness (QED) is 0.862. The lowest BCUT2D eigenvalue weighted by Gasteiger charge is -2.11. The summed E-state index contributed by atoms with van der Waals surface area (Å²) in [6.45, 7) is 3.48. The second kappa shape index (κ2) is 5.33. The number of benzene rings is 1. The van der Waals surface area contributed by atoms with Gasteiger partial charge >= 0.3 is 0 Å². The molecule has 19 heavy (non-hydrogen) atoms. The molecule has 3 heteroatoms. The van der Waals surface area contributed by atoms with E-state index in [2.05, 4.69) is 48.1 Å². The van der Waals surface area contributed by atoms with Gasteiger partial charge in [-0.15, -0.1) is 0 Å². The fraction of sp³-hybridized carbons (Fsp3) is 0.562. The van der Waals surface area contributed by atoms with E-state index in [-0.39, 0.29) is 0 Å². The third kappa shape index (κ3) is 2.98. The summed E-state index contributed by atoms with van der Waals surface area (Å²) in [4.78, 5) is 4.75. The Morgan fingerprint density at radius 2 is 2.16 bits per heavy atom. The van der Waals surface area contributed by atoms with Crippen LogP contribution in [-0.4, -0.2) is 22.1 Å². The van der Waals surface area contributed by atoms with Crippen molar-refractivity contribution in [2.24, 2.45) is 13.0 Å². The summed E-state index contributed by atoms with van der Waals surface area (Å²) < 4.78 is 2.24. The van der Waals surface area contributed by atoms with Gasteiger partial charge < -0.3 is 9.88 Å². The Bertz CT molecular complexity index is 554. The standard InChI is InChI=1S/C16H23N3/c1-12(9-10-17-13-7-8-13)11-16-18-14-5-3-4-6-15(14)19(16)2/h3-6,12-13,17H,7-11H2,1-2H3. The lowest BCUT2D eigenvalue weighted by atomic mass is 10.0. The molecule has 2 aromatic rings. The number of hydrogen-bond acceptors (Lipinski definition) is 2. The van der Waals surface area contributed by atoms with Crippen LogP contribution < -0.4 is 5.32 Å². The smallest absolute Gasteiger partial charge is 0.109 e. The molecule has 102 valence electrons. The van der Waals surface area contributed by atoms with E-state index in [0.29, 0.717) is 5.92 Å². The lowest BCUT2D eigenvalue weighted by molar-refractivity contribution is 0.483. The molecule has 1 aromatic heterocycles. The maximum absolute atomic E-state index is 4.75. The molecule has 0 radical (unpaired) electrons. The summed E-state index contributed by atoms with van der Waals surface area (Å²) in [5, 5.41) is 3.59. The lowest BCUT2D eigenvalue weighted by Crippen LogP contribution is -2.20. The number of rotatable bonds is 6. The van der Waals surface area contributed by atoms with Crippen LogP contribution in [0.4, 0.5) is 0 Å². The van der Waals surface area contributed by atoms with Gasteiger partial charge in [-0.3, -0.25) is 0 Å². The highest BCUT2D eigenvalue weighted by Gasteiger charge is 2.20. The first-order chi connectivity index (χ1) is 9.24. The van der Waals surface area contributed by atoms with Crippen molar-refractivity contribution in [2.45, 2.75) is 38.6 Å². The number of imidazole rings is 1. The minimum absolute atomic E-state index is 0.682. The third-order valence-corrected chi connectivity index (χ3v) is 4.06. The Morgan fingerprint density at radius 1 is 1.37 bits per heavy atom. The molecule has 1 saturated carbocycles. The monoisotopic (exact) mass is 257 g/mol. The van der Waals surface area contributed by atoms with E-state index in [1.807, 2.05) is 0 Å². The van der Waals surface area contributed by atoms with Gasteiger partial charge in [0, 0.05) is 19.5 Å². The molecule has 1 aliphatic rings. The zero-order valence-corrected chi connectivity index (χ0v) is 11.9. The fourth-order valence-electron chi connectivity index (χ4n) is 2.61. The van der Waals surface area contributed by atoms with E-state index in [9.17, 15) is 0 Å². The van der Waals surface area contributed by atoms with Crippen molar-refractivity contribution in [1.29, 1.82) is 0 Å². The van der Waals surface area contributed by atoms with Gasteiger partial charge in [0.2, 0.25) is 0 Å². The number of para-hydroxylation sites is 2. The molecule has 1 fully saturated rings. The Hall–Kier alpha value is -1.35. The third-order valence-electron chi connectivity index (χ3n) is 4.06. The van der Waals surface area contributed by atoms with Gasteiger partial charge in [-0.25, -0.2) is 4.98 Å². The minimum atomic E-state index is 0.682. The zero-order valence-electron chi connectivity index (χ0n) is 11.9. The first-order valence-corrected chi connectivity index (χ1v) is 7.38. The number of hydrogen-bond donors (Lipinski definition) is 1. The van der Waals surface area contributed by atoms with E-state index in [1.54, 1.807) is 0 Å². The van der Waals surface area contributed by atoms with E-state index in [4.69, 9.17) is 4.98 Å². The Balaban J connectivity index is 1.61. The predicted octanol–water partition coefficient (Wildman–Crippen LogP) is 2.89. The summed E-state index contributed by atoms with van der Waals surface area (Å²) in [7, 11) is 2.12. The Morgan fingerprint density at radius 3 is 2.89 bits per heavy atom. The molecule has 1 atom stereocenters. The molecule has 1 aliphatic carbocycles. The molecule has 0 bridgehead atoms. The maximum Gasteiger partial charge on any atom is 0.109 e. The number of nitrogens with one attached hydrogen (secondary N) is 1. The van der Waals surface area contributed by atoms with Gasteiger partial charge in [-0.1, -0.05) is 19.1 Å². The van der Waals surface area contributed by atoms with E-state index in [1.165, 1.54) is 30.6 Å². The first kappa shape index (κ1) is 12.7. The number of fused-ring (bicyclic) bond motifs is 1. The normalized spacial score (nSPS) is 16.9. The molecule has 0 aliphatic heterocycles. The molecule has 1 heterocycles. The van der Waals surface area contributed by atoms with Crippen LogP contribution in [0.2, 0.25) is 0 Å². The molecule has 0 saturated heterocycles. The number of nitrogens with zero attached hydrogens (tertiary/aromatic N) is 2. The molecule has 0 spiro atoms. The molecule has 0 amide bonds. The van der Waals surface area contributed by atoms with Crippen LogP contribution in [0.3, 0.4) is 0 Å². The van der Waals surface area contributed by atoms with Crippen molar-refractivity contribution in [2.75, 3.05) is 6.54 Å². The molecule has 3 rings (SSSR count). The molecular formula is C16H23N3. The molecular weight excluding hydrogens is 234 g/mol. The highest BCUT2D eigenvalue weighted by molar-refractivity contribution is 5.75. The van der Waals surface area contributed by atoms with Gasteiger partial charge in [-0.05, 0) is 43.9 Å². The van der Waals surface area contributed by atoms with Crippen LogP contribution in [0.1, 0.15) is 32.0 Å². The zero-order chi connectivity index (χ0) is 13.2. The molecule has 1 aromatic carbocycles. The SMILES string of the molecule is CC(CCNC1CC1)Cc1nc2ccccc2n1C. The van der Waals surface area contributed by atoms with Crippen molar-refractivity contribution in [3.63, 3.8) is 0 Å². The van der Waals surface area contributed by atoms with Crippen molar-refractivity contribution < 1.29 is 0 Å². The van der Waals surface area contributed by atoms with Gasteiger partial charge in [0.05, 0.1) is 11.0 Å². The maximum atomic E-state index is 4.75. The largest absolute Gasteiger partial charge is 0.331 e. The fourth-order valence-corrected chi connectivity index (χ4v) is 2.61. The second-order valence-corrected chi connectivity index (χ2v) is 5.90. The predicted molar refractivity (Wildman–Crippen MR) is 79.2 cm³/mol. The van der Waals surface area contributed by atoms with Crippen LogP contribution in [0.25, 0.3) is 11.0 Å². The number of aryl methyl sites for hydroxylation is 1. The van der Waals surface area contributed by atoms with Gasteiger partial charge in [0.1, 0.15) is 5.82 Å². The van der Waals surface area contributed by atoms with E-state index in [0.717, 1.165) is 24.5 Å². The van der Waals surface area contributed by atoms with Gasteiger partial charge in [-0.2, -0.15) is 0 Å². The Kier molecular flexibility index (Phi) is 3.56. The highest BCUT2D eigenvalue weighted by atomic mass is 15.1. The summed E-state index contributed by atoms with van der Waals surface area (Å²) in [5.41, 5.74) is 2.35. The van der Waals surface area contributed by atoms with Crippen LogP contribution in [-0.2, 0) is 13.5 Å². The van der Waals surface area contributed by atoms with Crippen LogP contribution in [0.15, 0.2) is 24.3 Å². The van der Waals surface area contributed by atoms with Crippen LogP contribution in [0.5, 0.6) is 0 Å². The number of aromatic nitrogens is 2. The summed E-state index contributed by atoms with van der Waals surface area (Å²) in [5.74, 6) is 1.89. The van der Waals surface area contributed by atoms with E-state index >= 15 is 0 Å². The van der Waals surface area contributed by atoms with Crippen molar-refractivity contribution in [3.8, 4) is 0 Å². The average Bonchev–Trinajstić information content (AvgIpc) is 3.17. The van der Waals surface area contributed by atoms with Crippen molar-refractivity contribution in [1.82, 2.24) is 14.9 Å². The van der Waals surface area contributed by atoms with Crippen LogP contribution in [0, 0.1) is 5.92 Å². The topological polar surface area (TPSA) is 29.9 Å². The van der Waals surface area contributed by atoms with Crippen LogP contribution >= 0.6 is 0 Å². The van der Waals surface area contributed by atoms with Gasteiger partial charge in [0.25, 0.3) is 0 Å². The summed E-state index contributed by atoms with van der Waals surface area (Å²) >= 11 is 0. The van der Waals surface area contributed by atoms with E-state index < -0.39 is 0 Å². The highest BCUT2D eigenvalue weighted by Crippen LogP contribution is 2.20. The summed E-state index contributed by atoms with van der Waals surface area (Å²) in [6, 6.07) is 9.20. The summed E-state index contributed by atoms with van der Waals surface area (Å²) in [6.07, 6.45) is 5.05. The average molecular weight is 257 g/mol. The first-order valence-electron chi connectivity index (χ1n) is 7.38. The second-order valence-electron chi connectivity index (χ2n) is 5.90. The molecule has 1 unspecified atom stereocenters. The van der Waals surface area contributed by atoms with Gasteiger partial charge in [0.15, 0.2) is 0 Å². The molecule has 3 nitrogen and oxygen atoms in total.